The minimum Gasteiger partial charge on any atom is -0.507 e. The van der Waals surface area contributed by atoms with Crippen LogP contribution in [0.3, 0.4) is 0 Å². The molecule has 3 N–H and O–H groups in total. The molecule has 1 heterocycles. The van der Waals surface area contributed by atoms with E-state index in [1.54, 1.807) is 12.2 Å². The monoisotopic (exact) mass is 380 g/mol. The van der Waals surface area contributed by atoms with Crippen LogP contribution in [-0.2, 0) is 0 Å². The fraction of sp³-hybridized carbons (Fsp3) is 0.261. The van der Waals surface area contributed by atoms with Crippen molar-refractivity contribution in [3.8, 4) is 17.2 Å². The highest BCUT2D eigenvalue weighted by Crippen LogP contribution is 2.38. The summed E-state index contributed by atoms with van der Waals surface area (Å²) in [5, 5.41) is 31.4. The third-order valence-corrected chi connectivity index (χ3v) is 4.44. The first kappa shape index (κ1) is 19.5. The van der Waals surface area contributed by atoms with Crippen LogP contribution in [-0.4, -0.2) is 15.3 Å². The highest BCUT2D eigenvalue weighted by atomic mass is 16.3. The lowest BCUT2D eigenvalue weighted by molar-refractivity contribution is 0.450. The Hall–Kier alpha value is -3.21. The van der Waals surface area contributed by atoms with Crippen LogP contribution in [0.1, 0.15) is 38.8 Å². The zero-order chi connectivity index (χ0) is 20.6. The van der Waals surface area contributed by atoms with Gasteiger partial charge < -0.3 is 19.7 Å². The molecular weight excluding hydrogens is 356 g/mol. The number of fused-ring (bicyclic) bond motifs is 2. The zero-order valence-electron chi connectivity index (χ0n) is 16.4. The highest BCUT2D eigenvalue weighted by Gasteiger charge is 2.19. The van der Waals surface area contributed by atoms with Gasteiger partial charge in [0, 0.05) is 11.6 Å². The average Bonchev–Trinajstić information content (AvgIpc) is 2.60. The van der Waals surface area contributed by atoms with E-state index >= 15 is 0 Å². The summed E-state index contributed by atoms with van der Waals surface area (Å²) in [7, 11) is 0. The lowest BCUT2D eigenvalue weighted by Gasteiger charge is -2.10. The molecule has 0 aliphatic carbocycles. The van der Waals surface area contributed by atoms with Crippen LogP contribution in [0.15, 0.2) is 39.6 Å². The molecule has 0 aliphatic rings. The second-order valence-electron chi connectivity index (χ2n) is 7.54. The predicted molar refractivity (Wildman–Crippen MR) is 113 cm³/mol. The van der Waals surface area contributed by atoms with E-state index in [2.05, 4.69) is 0 Å². The van der Waals surface area contributed by atoms with E-state index in [9.17, 15) is 20.1 Å². The van der Waals surface area contributed by atoms with Crippen LogP contribution in [0, 0.1) is 11.8 Å². The smallest absolute Gasteiger partial charge is 0.205 e. The van der Waals surface area contributed by atoms with Gasteiger partial charge in [-0.2, -0.15) is 0 Å². The maximum Gasteiger partial charge on any atom is 0.205 e. The van der Waals surface area contributed by atoms with Crippen LogP contribution in [0.2, 0.25) is 0 Å². The normalized spacial score (nSPS) is 12.5. The molecule has 28 heavy (non-hydrogen) atoms. The van der Waals surface area contributed by atoms with E-state index in [1.165, 1.54) is 18.2 Å². The van der Waals surface area contributed by atoms with Crippen molar-refractivity contribution >= 4 is 34.1 Å². The molecule has 146 valence electrons. The van der Waals surface area contributed by atoms with E-state index in [-0.39, 0.29) is 56.6 Å². The Morgan fingerprint density at radius 2 is 1.43 bits per heavy atom. The molecule has 5 nitrogen and oxygen atoms in total. The number of benzene rings is 2. The molecule has 0 unspecified atom stereocenters. The number of hydrogen-bond donors (Lipinski definition) is 3. The van der Waals surface area contributed by atoms with Crippen molar-refractivity contribution in [2.24, 2.45) is 11.8 Å². The standard InChI is InChI=1S/C23H24O5/c1-12(2)5-7-14-16(24)9-10-18-20(14)23(27)21-19(28-18)11-17(25)15(22(21)26)8-6-13(3)4/h5-13,24-26H,1-4H3/b7-5+,8-6+. The number of hydrogen-bond acceptors (Lipinski definition) is 5. The van der Waals surface area contributed by atoms with E-state index in [1.807, 2.05) is 39.8 Å². The minimum absolute atomic E-state index is 0.0292. The largest absolute Gasteiger partial charge is 0.507 e. The molecule has 0 amide bonds. The quantitative estimate of drug-likeness (QED) is 0.527. The number of rotatable bonds is 4. The zero-order valence-corrected chi connectivity index (χ0v) is 16.4. The summed E-state index contributed by atoms with van der Waals surface area (Å²) in [6.07, 6.45) is 6.94. The van der Waals surface area contributed by atoms with Crippen LogP contribution in [0.4, 0.5) is 0 Å². The second-order valence-corrected chi connectivity index (χ2v) is 7.54. The van der Waals surface area contributed by atoms with Crippen molar-refractivity contribution in [2.45, 2.75) is 27.7 Å². The second kappa shape index (κ2) is 7.43. The van der Waals surface area contributed by atoms with Gasteiger partial charge in [-0.05, 0) is 24.0 Å². The van der Waals surface area contributed by atoms with Gasteiger partial charge in [0.15, 0.2) is 0 Å². The maximum atomic E-state index is 13.3. The lowest BCUT2D eigenvalue weighted by atomic mass is 10.0. The van der Waals surface area contributed by atoms with Crippen LogP contribution >= 0.6 is 0 Å². The average molecular weight is 380 g/mol. The van der Waals surface area contributed by atoms with Crippen molar-refractivity contribution in [3.05, 3.63) is 51.7 Å². The summed E-state index contributed by atoms with van der Waals surface area (Å²) in [6.45, 7) is 7.89. The summed E-state index contributed by atoms with van der Waals surface area (Å²) in [5.41, 5.74) is 0.384. The molecule has 3 aromatic rings. The molecule has 3 rings (SSSR count). The first-order valence-corrected chi connectivity index (χ1v) is 9.24. The predicted octanol–water partition coefficient (Wildman–Crippen LogP) is 5.40. The van der Waals surface area contributed by atoms with Gasteiger partial charge in [0.2, 0.25) is 5.43 Å². The molecule has 0 bridgehead atoms. The Bertz CT molecular complexity index is 1160. The topological polar surface area (TPSA) is 90.9 Å². The maximum absolute atomic E-state index is 13.3. The molecule has 0 spiro atoms. The van der Waals surface area contributed by atoms with Gasteiger partial charge >= 0.3 is 0 Å². The molecule has 0 saturated carbocycles. The first-order valence-electron chi connectivity index (χ1n) is 9.24. The Labute approximate surface area is 162 Å². The molecule has 0 atom stereocenters. The Balaban J connectivity index is 2.42. The first-order chi connectivity index (χ1) is 13.2. The van der Waals surface area contributed by atoms with Gasteiger partial charge in [0.05, 0.1) is 10.9 Å². The summed E-state index contributed by atoms with van der Waals surface area (Å²) < 4.78 is 5.78. The van der Waals surface area contributed by atoms with Crippen molar-refractivity contribution in [1.82, 2.24) is 0 Å². The van der Waals surface area contributed by atoms with E-state index in [0.29, 0.717) is 5.56 Å². The molecule has 2 aromatic carbocycles. The third-order valence-electron chi connectivity index (χ3n) is 4.44. The van der Waals surface area contributed by atoms with E-state index < -0.39 is 5.43 Å². The fourth-order valence-corrected chi connectivity index (χ4v) is 3.01. The molecule has 1 aromatic heterocycles. The van der Waals surface area contributed by atoms with Crippen molar-refractivity contribution in [1.29, 1.82) is 0 Å². The third kappa shape index (κ3) is 3.48. The minimum atomic E-state index is -0.466. The molecule has 0 saturated heterocycles. The van der Waals surface area contributed by atoms with E-state index in [4.69, 9.17) is 4.42 Å². The van der Waals surface area contributed by atoms with Gasteiger partial charge in [-0.3, -0.25) is 4.79 Å². The van der Waals surface area contributed by atoms with Crippen LogP contribution < -0.4 is 5.43 Å². The van der Waals surface area contributed by atoms with Gasteiger partial charge in [-0.15, -0.1) is 0 Å². The number of phenolic OH excluding ortho intramolecular Hbond substituents is 3. The molecule has 0 radical (unpaired) electrons. The molecule has 0 fully saturated rings. The van der Waals surface area contributed by atoms with Crippen molar-refractivity contribution in [3.63, 3.8) is 0 Å². The number of allylic oxidation sites excluding steroid dienone is 2. The summed E-state index contributed by atoms with van der Waals surface area (Å²) in [4.78, 5) is 13.3. The van der Waals surface area contributed by atoms with Crippen LogP contribution in [0.25, 0.3) is 34.1 Å². The molecule has 0 aliphatic heterocycles. The summed E-state index contributed by atoms with van der Waals surface area (Å²) in [6, 6.07) is 4.28. The Morgan fingerprint density at radius 1 is 0.821 bits per heavy atom. The van der Waals surface area contributed by atoms with Gasteiger partial charge in [0.25, 0.3) is 0 Å². The molecule has 5 heteroatoms. The number of phenols is 3. The van der Waals surface area contributed by atoms with Crippen molar-refractivity contribution < 1.29 is 19.7 Å². The lowest BCUT2D eigenvalue weighted by Crippen LogP contribution is -2.05. The van der Waals surface area contributed by atoms with Crippen LogP contribution in [0.5, 0.6) is 17.2 Å². The summed E-state index contributed by atoms with van der Waals surface area (Å²) in [5.74, 6) is -0.144. The van der Waals surface area contributed by atoms with Gasteiger partial charge in [-0.1, -0.05) is 52.0 Å². The number of aromatic hydroxyl groups is 3. The van der Waals surface area contributed by atoms with Gasteiger partial charge in [-0.25, -0.2) is 0 Å². The SMILES string of the molecule is CC(C)/C=C/c1c(O)cc2oc3ccc(O)c(/C=C/C(C)C)c3c(=O)c2c1O. The van der Waals surface area contributed by atoms with Gasteiger partial charge in [0.1, 0.15) is 33.8 Å². The summed E-state index contributed by atoms with van der Waals surface area (Å²) >= 11 is 0. The highest BCUT2D eigenvalue weighted by molar-refractivity contribution is 6.00. The Morgan fingerprint density at radius 3 is 2.04 bits per heavy atom. The van der Waals surface area contributed by atoms with Crippen molar-refractivity contribution in [2.75, 3.05) is 0 Å². The molecular formula is C23H24O5. The fourth-order valence-electron chi connectivity index (χ4n) is 3.01. The Kier molecular flexibility index (Phi) is 5.18. The van der Waals surface area contributed by atoms with E-state index in [0.717, 1.165) is 0 Å².